The fourth-order valence-electron chi connectivity index (χ4n) is 7.44. The minimum atomic E-state index is -4.60. The molecule has 332 valence electrons. The summed E-state index contributed by atoms with van der Waals surface area (Å²) in [4.78, 5) is 9.95. The van der Waals surface area contributed by atoms with Crippen LogP contribution in [0.4, 0.5) is 52.7 Å². The van der Waals surface area contributed by atoms with Crippen LogP contribution in [-0.4, -0.2) is 24.5 Å². The van der Waals surface area contributed by atoms with Gasteiger partial charge in [0.05, 0.1) is 34.3 Å². The standard InChI is InChI=1S/C48H36F12N2P2/c49-45(50,51)33-13-21-37(22-14-33)63(38-23-15-34(16-24-38)46(52,53)54)43-11-5-1-7-31(43)29-61-41-9-3-4-10-42(41)62-30-32-8-2-6-12-44(32)64(39-25-17-35(18-26-39)47(55,56)57)40-27-19-36(20-28-40)48(58,59)60/h1-2,5-8,11-30,41-42H,3-4,9-10H2/t41-,42-/m0/s1. The second kappa shape index (κ2) is 19.0. The van der Waals surface area contributed by atoms with Crippen molar-refractivity contribution < 1.29 is 52.7 Å². The van der Waals surface area contributed by atoms with Crippen LogP contribution in [0.5, 0.6) is 0 Å². The average Bonchev–Trinajstić information content (AvgIpc) is 3.26. The molecule has 64 heavy (non-hydrogen) atoms. The summed E-state index contributed by atoms with van der Waals surface area (Å²) in [6, 6.07) is 31.8. The van der Waals surface area contributed by atoms with Gasteiger partial charge in [0.1, 0.15) is 0 Å². The fraction of sp³-hybridized carbons (Fsp3) is 0.208. The molecule has 0 unspecified atom stereocenters. The van der Waals surface area contributed by atoms with Gasteiger partial charge >= 0.3 is 24.7 Å². The molecule has 0 aliphatic heterocycles. The molecule has 0 heterocycles. The summed E-state index contributed by atoms with van der Waals surface area (Å²) in [7, 11) is -3.34. The highest BCUT2D eigenvalue weighted by atomic mass is 31.1. The first kappa shape index (κ1) is 46.7. The van der Waals surface area contributed by atoms with Crippen molar-refractivity contribution in [3.63, 3.8) is 0 Å². The predicted molar refractivity (Wildman–Crippen MR) is 232 cm³/mol. The molecule has 7 rings (SSSR count). The van der Waals surface area contributed by atoms with E-state index in [-0.39, 0.29) is 12.1 Å². The first-order chi connectivity index (χ1) is 30.3. The van der Waals surface area contributed by atoms with Crippen LogP contribution >= 0.6 is 15.8 Å². The highest BCUT2D eigenvalue weighted by Crippen LogP contribution is 2.40. The third kappa shape index (κ3) is 11.1. The number of alkyl halides is 12. The predicted octanol–water partition coefficient (Wildman–Crippen LogP) is 12.1. The molecule has 2 atom stereocenters. The Morgan fingerprint density at radius 1 is 0.359 bits per heavy atom. The largest absolute Gasteiger partial charge is 0.416 e. The number of aliphatic imine (C=N–C) groups is 2. The van der Waals surface area contributed by atoms with E-state index in [9.17, 15) is 52.7 Å². The van der Waals surface area contributed by atoms with Crippen LogP contribution in [0.3, 0.4) is 0 Å². The van der Waals surface area contributed by atoms with Gasteiger partial charge in [-0.3, -0.25) is 9.98 Å². The van der Waals surface area contributed by atoms with Gasteiger partial charge in [-0.2, -0.15) is 52.7 Å². The Bertz CT molecular complexity index is 2270. The number of rotatable bonds is 10. The molecule has 0 radical (unpaired) electrons. The first-order valence-corrected chi connectivity index (χ1v) is 22.5. The van der Waals surface area contributed by atoms with Crippen molar-refractivity contribution in [1.82, 2.24) is 0 Å². The van der Waals surface area contributed by atoms with Gasteiger partial charge in [-0.25, -0.2) is 0 Å². The Kier molecular flexibility index (Phi) is 13.9. The van der Waals surface area contributed by atoms with Gasteiger partial charge in [0, 0.05) is 23.6 Å². The number of hydrogen-bond acceptors (Lipinski definition) is 2. The van der Waals surface area contributed by atoms with E-state index in [2.05, 4.69) is 0 Å². The number of benzene rings is 6. The van der Waals surface area contributed by atoms with E-state index in [1.165, 1.54) is 48.5 Å². The molecule has 6 aromatic rings. The molecule has 1 aliphatic carbocycles. The van der Waals surface area contributed by atoms with Crippen molar-refractivity contribution in [2.75, 3.05) is 0 Å². The average molecular weight is 931 g/mol. The van der Waals surface area contributed by atoms with Gasteiger partial charge in [-0.1, -0.05) is 110 Å². The zero-order chi connectivity index (χ0) is 45.9. The minimum absolute atomic E-state index is 0.333. The van der Waals surface area contributed by atoms with Crippen molar-refractivity contribution in [3.8, 4) is 0 Å². The molecule has 2 nitrogen and oxygen atoms in total. The maximum absolute atomic E-state index is 13.5. The van der Waals surface area contributed by atoms with Crippen molar-refractivity contribution in [2.45, 2.75) is 62.5 Å². The van der Waals surface area contributed by atoms with E-state index in [1.54, 1.807) is 61.0 Å². The summed E-state index contributed by atoms with van der Waals surface area (Å²) in [6.45, 7) is 0. The SMILES string of the molecule is FC(F)(F)c1ccc(P(c2ccc(C(F)(F)F)cc2)c2ccccc2C=N[C@H]2CCCC[C@@H]2N=Cc2ccccc2P(c2ccc(C(F)(F)F)cc2)c2ccc(C(F)(F)F)cc2)cc1. The zero-order valence-electron chi connectivity index (χ0n) is 33.3. The van der Waals surface area contributed by atoms with E-state index in [0.717, 1.165) is 61.4 Å². The Morgan fingerprint density at radius 3 is 0.859 bits per heavy atom. The van der Waals surface area contributed by atoms with E-state index in [0.29, 0.717) is 55.8 Å². The second-order valence-corrected chi connectivity index (χ2v) is 19.3. The molecule has 16 heteroatoms. The van der Waals surface area contributed by atoms with E-state index in [4.69, 9.17) is 9.98 Å². The molecule has 0 saturated heterocycles. The summed E-state index contributed by atoms with van der Waals surface area (Å²) in [5.74, 6) is 0. The summed E-state index contributed by atoms with van der Waals surface area (Å²) in [5, 5.41) is 3.24. The van der Waals surface area contributed by atoms with Crippen LogP contribution in [0.25, 0.3) is 0 Å². The summed E-state index contributed by atoms with van der Waals surface area (Å²) in [6.07, 6.45) is -12.1. The summed E-state index contributed by atoms with van der Waals surface area (Å²) in [5.41, 5.74) is -2.23. The van der Waals surface area contributed by atoms with E-state index < -0.39 is 62.8 Å². The smallest absolute Gasteiger partial charge is 0.287 e. The third-order valence-corrected chi connectivity index (χ3v) is 15.7. The lowest BCUT2D eigenvalue weighted by Gasteiger charge is -2.26. The summed E-state index contributed by atoms with van der Waals surface area (Å²) >= 11 is 0. The Labute approximate surface area is 363 Å². The molecule has 6 aromatic carbocycles. The number of halogens is 12. The molecular formula is C48H36F12N2P2. The summed E-state index contributed by atoms with van der Waals surface area (Å²) < 4.78 is 163. The van der Waals surface area contributed by atoms with Gasteiger partial charge < -0.3 is 0 Å². The Morgan fingerprint density at radius 2 is 0.609 bits per heavy atom. The third-order valence-electron chi connectivity index (χ3n) is 10.7. The topological polar surface area (TPSA) is 24.7 Å². The van der Waals surface area contributed by atoms with Gasteiger partial charge in [-0.05, 0) is 109 Å². The molecule has 0 aromatic heterocycles. The monoisotopic (exact) mass is 930 g/mol. The fourth-order valence-corrected chi connectivity index (χ4v) is 12.2. The van der Waals surface area contributed by atoms with Crippen molar-refractivity contribution in [3.05, 3.63) is 179 Å². The van der Waals surface area contributed by atoms with Crippen molar-refractivity contribution in [2.24, 2.45) is 9.98 Å². The molecule has 1 saturated carbocycles. The molecule has 0 amide bonds. The maximum Gasteiger partial charge on any atom is 0.416 e. The minimum Gasteiger partial charge on any atom is -0.287 e. The second-order valence-electron chi connectivity index (χ2n) is 14.9. The molecule has 0 N–H and O–H groups in total. The quantitative estimate of drug-likeness (QED) is 0.0743. The van der Waals surface area contributed by atoms with E-state index in [1.807, 2.05) is 0 Å². The Hall–Kier alpha value is -5.32. The van der Waals surface area contributed by atoms with Crippen LogP contribution < -0.4 is 31.8 Å². The van der Waals surface area contributed by atoms with Crippen LogP contribution in [0.1, 0.15) is 59.1 Å². The first-order valence-electron chi connectivity index (χ1n) is 19.8. The van der Waals surface area contributed by atoms with Gasteiger partial charge in [0.15, 0.2) is 0 Å². The van der Waals surface area contributed by atoms with Gasteiger partial charge in [0.2, 0.25) is 0 Å². The normalized spacial score (nSPS) is 16.7. The van der Waals surface area contributed by atoms with E-state index >= 15 is 0 Å². The zero-order valence-corrected chi connectivity index (χ0v) is 35.1. The van der Waals surface area contributed by atoms with Crippen LogP contribution in [0, 0.1) is 0 Å². The van der Waals surface area contributed by atoms with Crippen LogP contribution in [-0.2, 0) is 24.7 Å². The molecule has 1 fully saturated rings. The van der Waals surface area contributed by atoms with Gasteiger partial charge in [0.25, 0.3) is 0 Å². The molecule has 0 bridgehead atoms. The lowest BCUT2D eigenvalue weighted by molar-refractivity contribution is -0.138. The van der Waals surface area contributed by atoms with Crippen LogP contribution in [0.15, 0.2) is 156 Å². The number of hydrogen-bond donors (Lipinski definition) is 0. The highest BCUT2D eigenvalue weighted by Gasteiger charge is 2.34. The molecule has 0 spiro atoms. The van der Waals surface area contributed by atoms with Crippen molar-refractivity contribution >= 4 is 60.1 Å². The maximum atomic E-state index is 13.5. The van der Waals surface area contributed by atoms with Crippen LogP contribution in [0.2, 0.25) is 0 Å². The lowest BCUT2D eigenvalue weighted by Crippen LogP contribution is -2.28. The highest BCUT2D eigenvalue weighted by molar-refractivity contribution is 7.80. The lowest BCUT2D eigenvalue weighted by atomic mass is 9.91. The molecule has 1 aliphatic rings. The Balaban J connectivity index is 1.22. The number of nitrogens with zero attached hydrogens (tertiary/aromatic N) is 2. The van der Waals surface area contributed by atoms with Crippen molar-refractivity contribution in [1.29, 1.82) is 0 Å². The van der Waals surface area contributed by atoms with Gasteiger partial charge in [-0.15, -0.1) is 0 Å². The molecular weight excluding hydrogens is 894 g/mol.